The minimum Gasteiger partial charge on any atom is -0.351 e. The Kier molecular flexibility index (Phi) is 5.94. The molecule has 0 bridgehead atoms. The number of nitrogens with zero attached hydrogens (tertiary/aromatic N) is 3. The van der Waals surface area contributed by atoms with Gasteiger partial charge in [0.15, 0.2) is 11.6 Å². The SMILES string of the molecule is CC1CCN(C(=O)c2cc([C@H]3CCCN(Cc4ccc(F)c(F)c4)C3)no2)CC1. The Morgan fingerprint density at radius 2 is 1.93 bits per heavy atom. The molecule has 0 saturated carbocycles. The van der Waals surface area contributed by atoms with Crippen LogP contribution in [0.5, 0.6) is 0 Å². The van der Waals surface area contributed by atoms with Gasteiger partial charge in [0.1, 0.15) is 0 Å². The standard InChI is InChI=1S/C22H27F2N3O2/c1-15-6-9-27(10-7-15)22(28)21-12-20(25-29-21)17-3-2-8-26(14-17)13-16-4-5-18(23)19(24)11-16/h4-5,11-12,15,17H,2-3,6-10,13-14H2,1H3/t17-/m0/s1. The van der Waals surface area contributed by atoms with Crippen LogP contribution in [0.15, 0.2) is 28.8 Å². The van der Waals surface area contributed by atoms with Crippen LogP contribution in [-0.2, 0) is 6.54 Å². The normalized spacial score (nSPS) is 21.5. The lowest BCUT2D eigenvalue weighted by Gasteiger charge is -2.31. The van der Waals surface area contributed by atoms with E-state index in [-0.39, 0.29) is 11.8 Å². The molecule has 4 rings (SSSR count). The summed E-state index contributed by atoms with van der Waals surface area (Å²) in [4.78, 5) is 16.7. The first kappa shape index (κ1) is 20.0. The van der Waals surface area contributed by atoms with E-state index >= 15 is 0 Å². The van der Waals surface area contributed by atoms with Crippen LogP contribution < -0.4 is 0 Å². The maximum atomic E-state index is 13.5. The molecule has 0 spiro atoms. The van der Waals surface area contributed by atoms with Gasteiger partial charge in [-0.25, -0.2) is 8.78 Å². The molecule has 1 amide bonds. The third-order valence-corrected chi connectivity index (χ3v) is 6.12. The molecule has 1 aromatic heterocycles. The molecular formula is C22H27F2N3O2. The van der Waals surface area contributed by atoms with E-state index in [0.29, 0.717) is 18.2 Å². The number of carbonyl (C=O) groups is 1. The lowest BCUT2D eigenvalue weighted by Crippen LogP contribution is -2.37. The van der Waals surface area contributed by atoms with Crippen molar-refractivity contribution in [2.45, 2.75) is 45.1 Å². The second kappa shape index (κ2) is 8.61. The number of amides is 1. The molecule has 1 aromatic carbocycles. The highest BCUT2D eigenvalue weighted by molar-refractivity contribution is 5.91. The fraction of sp³-hybridized carbons (Fsp3) is 0.545. The van der Waals surface area contributed by atoms with Gasteiger partial charge in [0.25, 0.3) is 5.91 Å². The van der Waals surface area contributed by atoms with Crippen molar-refractivity contribution in [1.82, 2.24) is 15.0 Å². The predicted octanol–water partition coefficient (Wildman–Crippen LogP) is 4.20. The zero-order chi connectivity index (χ0) is 20.4. The summed E-state index contributed by atoms with van der Waals surface area (Å²) < 4.78 is 32.0. The molecule has 2 aromatic rings. The molecule has 2 fully saturated rings. The van der Waals surface area contributed by atoms with Crippen molar-refractivity contribution in [2.75, 3.05) is 26.2 Å². The van der Waals surface area contributed by atoms with E-state index in [1.165, 1.54) is 12.1 Å². The summed E-state index contributed by atoms with van der Waals surface area (Å²) in [5.74, 6) is -0.582. The summed E-state index contributed by atoms with van der Waals surface area (Å²) in [5.41, 5.74) is 1.55. The van der Waals surface area contributed by atoms with E-state index in [0.717, 1.165) is 63.1 Å². The Hall–Kier alpha value is -2.28. The smallest absolute Gasteiger partial charge is 0.292 e. The van der Waals surface area contributed by atoms with E-state index in [1.807, 2.05) is 4.90 Å². The van der Waals surface area contributed by atoms with Crippen molar-refractivity contribution < 1.29 is 18.1 Å². The van der Waals surface area contributed by atoms with Crippen molar-refractivity contribution in [3.8, 4) is 0 Å². The average Bonchev–Trinajstić information content (AvgIpc) is 3.21. The van der Waals surface area contributed by atoms with Gasteiger partial charge in [0.05, 0.1) is 5.69 Å². The van der Waals surface area contributed by atoms with Crippen LogP contribution in [0.1, 0.15) is 60.3 Å². The van der Waals surface area contributed by atoms with Crippen LogP contribution >= 0.6 is 0 Å². The van der Waals surface area contributed by atoms with Crippen molar-refractivity contribution >= 4 is 5.91 Å². The van der Waals surface area contributed by atoms with Crippen molar-refractivity contribution in [2.24, 2.45) is 5.92 Å². The highest BCUT2D eigenvalue weighted by Gasteiger charge is 2.28. The first-order chi connectivity index (χ1) is 14.0. The van der Waals surface area contributed by atoms with Gasteiger partial charge >= 0.3 is 0 Å². The molecule has 156 valence electrons. The van der Waals surface area contributed by atoms with E-state index < -0.39 is 11.6 Å². The minimum absolute atomic E-state index is 0.0786. The van der Waals surface area contributed by atoms with Gasteiger partial charge in [-0.05, 0) is 55.8 Å². The number of benzene rings is 1. The summed E-state index contributed by atoms with van der Waals surface area (Å²) in [7, 11) is 0. The molecule has 3 heterocycles. The van der Waals surface area contributed by atoms with Crippen molar-refractivity contribution in [1.29, 1.82) is 0 Å². The van der Waals surface area contributed by atoms with Crippen LogP contribution in [0.2, 0.25) is 0 Å². The number of hydrogen-bond acceptors (Lipinski definition) is 4. The minimum atomic E-state index is -0.826. The largest absolute Gasteiger partial charge is 0.351 e. The maximum Gasteiger partial charge on any atom is 0.292 e. The molecule has 0 radical (unpaired) electrons. The Labute approximate surface area is 169 Å². The zero-order valence-corrected chi connectivity index (χ0v) is 16.7. The number of halogens is 2. The first-order valence-electron chi connectivity index (χ1n) is 10.4. The fourth-order valence-electron chi connectivity index (χ4n) is 4.29. The number of likely N-dealkylation sites (tertiary alicyclic amines) is 2. The van der Waals surface area contributed by atoms with Crippen LogP contribution in [0.3, 0.4) is 0 Å². The average molecular weight is 403 g/mol. The molecule has 0 aliphatic carbocycles. The van der Waals surface area contributed by atoms with E-state index in [4.69, 9.17) is 4.52 Å². The Balaban J connectivity index is 1.38. The Bertz CT molecular complexity index is 861. The number of aromatic nitrogens is 1. The number of carbonyl (C=O) groups excluding carboxylic acids is 1. The summed E-state index contributed by atoms with van der Waals surface area (Å²) in [6.45, 7) is 5.95. The van der Waals surface area contributed by atoms with Crippen molar-refractivity contribution in [3.63, 3.8) is 0 Å². The van der Waals surface area contributed by atoms with E-state index in [2.05, 4.69) is 17.0 Å². The summed E-state index contributed by atoms with van der Waals surface area (Å²) in [5, 5.41) is 4.18. The summed E-state index contributed by atoms with van der Waals surface area (Å²) in [6.07, 6.45) is 3.99. The lowest BCUT2D eigenvalue weighted by molar-refractivity contribution is 0.0655. The van der Waals surface area contributed by atoms with Gasteiger partial charge in [-0.3, -0.25) is 9.69 Å². The molecule has 0 N–H and O–H groups in total. The second-order valence-corrected chi connectivity index (χ2v) is 8.41. The van der Waals surface area contributed by atoms with Crippen LogP contribution in [0.4, 0.5) is 8.78 Å². The zero-order valence-electron chi connectivity index (χ0n) is 16.7. The van der Waals surface area contributed by atoms with E-state index in [1.54, 1.807) is 12.1 Å². The van der Waals surface area contributed by atoms with Gasteiger partial charge < -0.3 is 9.42 Å². The Morgan fingerprint density at radius 1 is 1.14 bits per heavy atom. The van der Waals surface area contributed by atoms with Gasteiger partial charge in [-0.1, -0.05) is 18.1 Å². The quantitative estimate of drug-likeness (QED) is 0.768. The molecule has 29 heavy (non-hydrogen) atoms. The number of piperidine rings is 2. The first-order valence-corrected chi connectivity index (χ1v) is 10.4. The third-order valence-electron chi connectivity index (χ3n) is 6.12. The van der Waals surface area contributed by atoms with Gasteiger partial charge in [0.2, 0.25) is 5.76 Å². The van der Waals surface area contributed by atoms with Crippen LogP contribution in [-0.4, -0.2) is 47.0 Å². The highest BCUT2D eigenvalue weighted by Crippen LogP contribution is 2.28. The summed E-state index contributed by atoms with van der Waals surface area (Å²) >= 11 is 0. The molecular weight excluding hydrogens is 376 g/mol. The molecule has 5 nitrogen and oxygen atoms in total. The van der Waals surface area contributed by atoms with Crippen LogP contribution in [0, 0.1) is 17.6 Å². The highest BCUT2D eigenvalue weighted by atomic mass is 19.2. The Morgan fingerprint density at radius 3 is 2.69 bits per heavy atom. The molecule has 2 saturated heterocycles. The molecule has 1 atom stereocenters. The molecule has 2 aliphatic heterocycles. The van der Waals surface area contributed by atoms with Gasteiger partial charge in [0, 0.05) is 38.2 Å². The maximum absolute atomic E-state index is 13.5. The number of hydrogen-bond donors (Lipinski definition) is 0. The van der Waals surface area contributed by atoms with Gasteiger partial charge in [-0.2, -0.15) is 0 Å². The predicted molar refractivity (Wildman–Crippen MR) is 104 cm³/mol. The number of rotatable bonds is 4. The molecule has 0 unspecified atom stereocenters. The van der Waals surface area contributed by atoms with E-state index in [9.17, 15) is 13.6 Å². The fourth-order valence-corrected chi connectivity index (χ4v) is 4.29. The topological polar surface area (TPSA) is 49.6 Å². The molecule has 7 heteroatoms. The summed E-state index contributed by atoms with van der Waals surface area (Å²) in [6, 6.07) is 5.83. The third kappa shape index (κ3) is 4.66. The monoisotopic (exact) mass is 403 g/mol. The van der Waals surface area contributed by atoms with Crippen molar-refractivity contribution in [3.05, 3.63) is 52.9 Å². The van der Waals surface area contributed by atoms with Gasteiger partial charge in [-0.15, -0.1) is 0 Å². The molecule has 2 aliphatic rings. The second-order valence-electron chi connectivity index (χ2n) is 8.41. The lowest BCUT2D eigenvalue weighted by atomic mass is 9.94. The van der Waals surface area contributed by atoms with Crippen LogP contribution in [0.25, 0.3) is 0 Å².